The van der Waals surface area contributed by atoms with E-state index in [-0.39, 0.29) is 5.91 Å². The molecule has 0 bridgehead atoms. The quantitative estimate of drug-likeness (QED) is 0.456. The number of anilines is 2. The zero-order chi connectivity index (χ0) is 24.7. The number of aromatic nitrogens is 1. The van der Waals surface area contributed by atoms with Gasteiger partial charge in [0.05, 0.1) is 26.4 Å². The van der Waals surface area contributed by atoms with Gasteiger partial charge >= 0.3 is 0 Å². The van der Waals surface area contributed by atoms with Gasteiger partial charge in [0, 0.05) is 48.8 Å². The average Bonchev–Trinajstić information content (AvgIpc) is 3.14. The topological polar surface area (TPSA) is 85.0 Å². The Hall–Kier alpha value is -3.36. The van der Waals surface area contributed by atoms with E-state index >= 15 is 0 Å². The Balaban J connectivity index is 1.18. The summed E-state index contributed by atoms with van der Waals surface area (Å²) in [7, 11) is 1.70. The maximum atomic E-state index is 12.7. The van der Waals surface area contributed by atoms with Crippen molar-refractivity contribution in [1.29, 1.82) is 0 Å². The van der Waals surface area contributed by atoms with E-state index in [4.69, 9.17) is 19.2 Å². The molecule has 8 heteroatoms. The Bertz CT molecular complexity index is 1190. The molecule has 5 rings (SSSR count). The number of hydrogen-bond acceptors (Lipinski definition) is 7. The van der Waals surface area contributed by atoms with Gasteiger partial charge in [0.15, 0.2) is 11.5 Å². The highest BCUT2D eigenvalue weighted by Gasteiger charge is 2.24. The van der Waals surface area contributed by atoms with Gasteiger partial charge in [0.1, 0.15) is 5.82 Å². The second-order valence-electron chi connectivity index (χ2n) is 9.35. The molecule has 1 amide bonds. The second-order valence-corrected chi connectivity index (χ2v) is 9.35. The van der Waals surface area contributed by atoms with Gasteiger partial charge in [-0.25, -0.2) is 4.98 Å². The second kappa shape index (κ2) is 11.6. The Morgan fingerprint density at radius 2 is 1.89 bits per heavy atom. The summed E-state index contributed by atoms with van der Waals surface area (Å²) in [5.41, 5.74) is 1.85. The van der Waals surface area contributed by atoms with Crippen LogP contribution in [0.5, 0.6) is 11.5 Å². The van der Waals surface area contributed by atoms with Gasteiger partial charge in [-0.2, -0.15) is 0 Å². The van der Waals surface area contributed by atoms with Crippen LogP contribution in [0.25, 0.3) is 10.8 Å². The van der Waals surface area contributed by atoms with Crippen molar-refractivity contribution in [1.82, 2.24) is 9.88 Å². The SMILES string of the molecule is COCCNc1nc(C2CCN(CC(=O)Nc3ccc4c(c3)OCCCO4)CC2)cc2ccccc12. The van der Waals surface area contributed by atoms with Gasteiger partial charge < -0.3 is 24.8 Å². The van der Waals surface area contributed by atoms with Crippen molar-refractivity contribution >= 4 is 28.2 Å². The van der Waals surface area contributed by atoms with E-state index in [1.807, 2.05) is 24.3 Å². The van der Waals surface area contributed by atoms with Crippen LogP contribution in [0.4, 0.5) is 11.5 Å². The number of ether oxygens (including phenoxy) is 3. The number of nitrogens with one attached hydrogen (secondary N) is 2. The van der Waals surface area contributed by atoms with E-state index in [0.29, 0.717) is 44.6 Å². The molecule has 0 spiro atoms. The molecular weight excluding hydrogens is 456 g/mol. The van der Waals surface area contributed by atoms with Gasteiger partial charge in [-0.05, 0) is 49.5 Å². The molecule has 3 heterocycles. The van der Waals surface area contributed by atoms with Crippen LogP contribution in [0.1, 0.15) is 30.9 Å². The molecule has 0 radical (unpaired) electrons. The first kappa shape index (κ1) is 24.3. The molecule has 2 aliphatic rings. The monoisotopic (exact) mass is 490 g/mol. The van der Waals surface area contributed by atoms with E-state index in [9.17, 15) is 4.79 Å². The normalized spacial score (nSPS) is 16.5. The third-order valence-corrected chi connectivity index (χ3v) is 6.76. The lowest BCUT2D eigenvalue weighted by Gasteiger charge is -2.31. The number of pyridine rings is 1. The van der Waals surface area contributed by atoms with Crippen molar-refractivity contribution in [2.45, 2.75) is 25.2 Å². The number of nitrogens with zero attached hydrogens (tertiary/aromatic N) is 2. The number of rotatable bonds is 8. The molecule has 0 unspecified atom stereocenters. The standard InChI is InChI=1S/C28H34N4O4/c1-34-16-11-29-28-23-6-3-2-5-21(23)17-24(31-28)20-9-12-32(13-10-20)19-27(33)30-22-7-8-25-26(18-22)36-15-4-14-35-25/h2-3,5-8,17-18,20H,4,9-16,19H2,1H3,(H,29,31)(H,30,33). The molecular formula is C28H34N4O4. The number of fused-ring (bicyclic) bond motifs is 2. The number of benzene rings is 2. The van der Waals surface area contributed by atoms with Gasteiger partial charge in [-0.1, -0.05) is 24.3 Å². The van der Waals surface area contributed by atoms with Gasteiger partial charge in [-0.3, -0.25) is 9.69 Å². The van der Waals surface area contributed by atoms with Crippen molar-refractivity contribution in [3.8, 4) is 11.5 Å². The zero-order valence-electron chi connectivity index (χ0n) is 20.8. The summed E-state index contributed by atoms with van der Waals surface area (Å²) in [6.07, 6.45) is 2.80. The molecule has 1 fully saturated rings. The third kappa shape index (κ3) is 5.88. The molecule has 2 aromatic carbocycles. The number of piperidine rings is 1. The molecule has 36 heavy (non-hydrogen) atoms. The van der Waals surface area contributed by atoms with E-state index in [1.54, 1.807) is 7.11 Å². The maximum absolute atomic E-state index is 12.7. The number of carbonyl (C=O) groups excluding carboxylic acids is 1. The molecule has 0 aliphatic carbocycles. The fourth-order valence-corrected chi connectivity index (χ4v) is 4.87. The predicted molar refractivity (Wildman–Crippen MR) is 141 cm³/mol. The summed E-state index contributed by atoms with van der Waals surface area (Å²) in [5.74, 6) is 2.68. The van der Waals surface area contributed by atoms with Crippen molar-refractivity contribution in [3.05, 3.63) is 54.2 Å². The summed E-state index contributed by atoms with van der Waals surface area (Å²) in [4.78, 5) is 19.9. The van der Waals surface area contributed by atoms with E-state index < -0.39 is 0 Å². The molecule has 8 nitrogen and oxygen atoms in total. The van der Waals surface area contributed by atoms with Gasteiger partial charge in [0.25, 0.3) is 0 Å². The molecule has 2 aliphatic heterocycles. The van der Waals surface area contributed by atoms with Gasteiger partial charge in [0.2, 0.25) is 5.91 Å². The minimum absolute atomic E-state index is 0.0172. The van der Waals surface area contributed by atoms with Crippen molar-refractivity contribution in [2.24, 2.45) is 0 Å². The molecule has 0 saturated carbocycles. The summed E-state index contributed by atoms with van der Waals surface area (Å²) in [6, 6.07) is 16.1. The summed E-state index contributed by atoms with van der Waals surface area (Å²) < 4.78 is 16.6. The molecule has 2 N–H and O–H groups in total. The van der Waals surface area contributed by atoms with Crippen LogP contribution < -0.4 is 20.1 Å². The minimum Gasteiger partial charge on any atom is -0.490 e. The molecule has 1 saturated heterocycles. The largest absolute Gasteiger partial charge is 0.490 e. The average molecular weight is 491 g/mol. The molecule has 3 aromatic rings. The summed E-state index contributed by atoms with van der Waals surface area (Å²) in [6.45, 7) is 4.71. The Morgan fingerprint density at radius 3 is 2.72 bits per heavy atom. The van der Waals surface area contributed by atoms with Crippen LogP contribution >= 0.6 is 0 Å². The zero-order valence-corrected chi connectivity index (χ0v) is 20.8. The first-order chi connectivity index (χ1) is 17.7. The molecule has 190 valence electrons. The van der Waals surface area contributed by atoms with E-state index in [2.05, 4.69) is 39.8 Å². The fourth-order valence-electron chi connectivity index (χ4n) is 4.87. The maximum Gasteiger partial charge on any atom is 0.238 e. The van der Waals surface area contributed by atoms with Crippen molar-refractivity contribution < 1.29 is 19.0 Å². The van der Waals surface area contributed by atoms with Crippen LogP contribution in [-0.4, -0.2) is 68.9 Å². The highest BCUT2D eigenvalue weighted by Crippen LogP contribution is 2.33. The number of likely N-dealkylation sites (tertiary alicyclic amines) is 1. The van der Waals surface area contributed by atoms with Crippen LogP contribution in [0.3, 0.4) is 0 Å². The molecule has 1 aromatic heterocycles. The number of amides is 1. The Morgan fingerprint density at radius 1 is 1.08 bits per heavy atom. The predicted octanol–water partition coefficient (Wildman–Crippen LogP) is 4.27. The number of hydrogen-bond donors (Lipinski definition) is 2. The third-order valence-electron chi connectivity index (χ3n) is 6.76. The first-order valence-electron chi connectivity index (χ1n) is 12.7. The van der Waals surface area contributed by atoms with E-state index in [1.165, 1.54) is 5.39 Å². The van der Waals surface area contributed by atoms with E-state index in [0.717, 1.165) is 60.7 Å². The highest BCUT2D eigenvalue weighted by molar-refractivity contribution is 5.93. The van der Waals surface area contributed by atoms with Crippen molar-refractivity contribution in [3.63, 3.8) is 0 Å². The van der Waals surface area contributed by atoms with Crippen molar-refractivity contribution in [2.75, 3.05) is 63.7 Å². The Labute approximate surface area is 211 Å². The summed E-state index contributed by atoms with van der Waals surface area (Å²) in [5, 5.41) is 8.76. The number of carbonyl (C=O) groups is 1. The lowest BCUT2D eigenvalue weighted by molar-refractivity contribution is -0.117. The summed E-state index contributed by atoms with van der Waals surface area (Å²) >= 11 is 0. The smallest absolute Gasteiger partial charge is 0.238 e. The lowest BCUT2D eigenvalue weighted by Crippen LogP contribution is -2.38. The van der Waals surface area contributed by atoms with Crippen LogP contribution in [-0.2, 0) is 9.53 Å². The van der Waals surface area contributed by atoms with Gasteiger partial charge in [-0.15, -0.1) is 0 Å². The molecule has 0 atom stereocenters. The first-order valence-corrected chi connectivity index (χ1v) is 12.7. The number of methoxy groups -OCH3 is 1. The lowest BCUT2D eigenvalue weighted by atomic mass is 9.92. The van der Waals surface area contributed by atoms with Crippen LogP contribution in [0.2, 0.25) is 0 Å². The van der Waals surface area contributed by atoms with Crippen LogP contribution in [0, 0.1) is 0 Å². The Kier molecular flexibility index (Phi) is 7.83. The minimum atomic E-state index is -0.0172. The fraction of sp³-hybridized carbons (Fsp3) is 0.429. The van der Waals surface area contributed by atoms with Crippen LogP contribution in [0.15, 0.2) is 48.5 Å². The highest BCUT2D eigenvalue weighted by atomic mass is 16.5.